The van der Waals surface area contributed by atoms with Gasteiger partial charge >= 0.3 is 6.36 Å². The molecule has 0 aliphatic heterocycles. The number of carbonyl (C=O) groups excluding carboxylic acids is 1. The normalized spacial score (nSPS) is 11.0. The van der Waals surface area contributed by atoms with E-state index in [1.54, 1.807) is 12.1 Å². The van der Waals surface area contributed by atoms with Crippen molar-refractivity contribution in [1.29, 1.82) is 0 Å². The third kappa shape index (κ3) is 5.66. The number of rotatable bonds is 5. The second-order valence-electron chi connectivity index (χ2n) is 4.96. The minimum Gasteiger partial charge on any atom is -0.406 e. The number of hydrogen-bond acceptors (Lipinski definition) is 3. The fourth-order valence-electron chi connectivity index (χ4n) is 1.87. The third-order valence-electron chi connectivity index (χ3n) is 2.94. The van der Waals surface area contributed by atoms with Gasteiger partial charge in [0.05, 0.1) is 17.3 Å². The SMILES string of the molecule is Cc1ccc(NC(=O)CNc2ccc(OC(F)(F)F)cc2)c(Cl)c1. The highest BCUT2D eigenvalue weighted by Gasteiger charge is 2.30. The number of amides is 1. The van der Waals surface area contributed by atoms with Crippen molar-refractivity contribution in [3.63, 3.8) is 0 Å². The number of benzene rings is 2. The molecule has 0 saturated carbocycles. The molecule has 0 radical (unpaired) electrons. The van der Waals surface area contributed by atoms with Crippen LogP contribution in [0.4, 0.5) is 24.5 Å². The molecule has 0 bridgehead atoms. The molecule has 0 aliphatic rings. The number of halogens is 4. The Hall–Kier alpha value is -2.41. The van der Waals surface area contributed by atoms with Crippen LogP contribution in [0, 0.1) is 6.92 Å². The van der Waals surface area contributed by atoms with Gasteiger partial charge in [0.2, 0.25) is 5.91 Å². The van der Waals surface area contributed by atoms with Crippen LogP contribution in [0.3, 0.4) is 0 Å². The van der Waals surface area contributed by atoms with Crippen molar-refractivity contribution in [2.75, 3.05) is 17.2 Å². The van der Waals surface area contributed by atoms with Crippen molar-refractivity contribution >= 4 is 28.9 Å². The summed E-state index contributed by atoms with van der Waals surface area (Å²) in [4.78, 5) is 11.9. The van der Waals surface area contributed by atoms with Gasteiger partial charge < -0.3 is 15.4 Å². The molecule has 24 heavy (non-hydrogen) atoms. The number of hydrogen-bond donors (Lipinski definition) is 2. The van der Waals surface area contributed by atoms with Crippen LogP contribution < -0.4 is 15.4 Å². The standard InChI is InChI=1S/C16H14ClF3N2O2/c1-10-2-7-14(13(17)8-10)22-15(23)9-21-11-3-5-12(6-4-11)24-16(18,19)20/h2-8,21H,9H2,1H3,(H,22,23). The average molecular weight is 359 g/mol. The lowest BCUT2D eigenvalue weighted by Gasteiger charge is -2.11. The Morgan fingerprint density at radius 2 is 1.83 bits per heavy atom. The van der Waals surface area contributed by atoms with Crippen LogP contribution in [0.25, 0.3) is 0 Å². The molecule has 2 aromatic carbocycles. The van der Waals surface area contributed by atoms with Crippen LogP contribution in [0.1, 0.15) is 5.56 Å². The first kappa shape index (κ1) is 17.9. The Bertz CT molecular complexity index is 718. The summed E-state index contributed by atoms with van der Waals surface area (Å²) in [6, 6.07) is 10.3. The molecular weight excluding hydrogens is 345 g/mol. The van der Waals surface area contributed by atoms with E-state index < -0.39 is 6.36 Å². The topological polar surface area (TPSA) is 50.4 Å². The summed E-state index contributed by atoms with van der Waals surface area (Å²) in [7, 11) is 0. The van der Waals surface area contributed by atoms with Gasteiger partial charge in [0.25, 0.3) is 0 Å². The van der Waals surface area contributed by atoms with Gasteiger partial charge in [-0.2, -0.15) is 0 Å². The molecular formula is C16H14ClF3N2O2. The second kappa shape index (κ2) is 7.44. The number of ether oxygens (including phenoxy) is 1. The number of carbonyl (C=O) groups is 1. The lowest BCUT2D eigenvalue weighted by atomic mass is 10.2. The summed E-state index contributed by atoms with van der Waals surface area (Å²) in [5.41, 5.74) is 1.94. The van der Waals surface area contributed by atoms with Crippen LogP contribution in [0.15, 0.2) is 42.5 Å². The van der Waals surface area contributed by atoms with Gasteiger partial charge in [0.15, 0.2) is 0 Å². The molecule has 2 N–H and O–H groups in total. The van der Waals surface area contributed by atoms with E-state index in [-0.39, 0.29) is 18.2 Å². The monoisotopic (exact) mass is 358 g/mol. The molecule has 2 aromatic rings. The number of aryl methyl sites for hydroxylation is 1. The van der Waals surface area contributed by atoms with E-state index >= 15 is 0 Å². The summed E-state index contributed by atoms with van der Waals surface area (Å²) < 4.78 is 39.9. The first-order valence-electron chi connectivity index (χ1n) is 6.88. The van der Waals surface area contributed by atoms with Gasteiger partial charge in [-0.1, -0.05) is 17.7 Å². The fourth-order valence-corrected chi connectivity index (χ4v) is 2.16. The van der Waals surface area contributed by atoms with Gasteiger partial charge in [-0.15, -0.1) is 13.2 Å². The van der Waals surface area contributed by atoms with Gasteiger partial charge in [0, 0.05) is 5.69 Å². The minimum atomic E-state index is -4.73. The van der Waals surface area contributed by atoms with Crippen molar-refractivity contribution in [3.8, 4) is 5.75 Å². The van der Waals surface area contributed by atoms with Crippen molar-refractivity contribution < 1.29 is 22.7 Å². The molecule has 0 aromatic heterocycles. The molecule has 0 aliphatic carbocycles. The van der Waals surface area contributed by atoms with Crippen molar-refractivity contribution in [3.05, 3.63) is 53.1 Å². The van der Waals surface area contributed by atoms with Gasteiger partial charge in [-0.3, -0.25) is 4.79 Å². The number of nitrogens with one attached hydrogen (secondary N) is 2. The Kier molecular flexibility index (Phi) is 5.56. The Morgan fingerprint density at radius 1 is 1.17 bits per heavy atom. The summed E-state index contributed by atoms with van der Waals surface area (Å²) in [6.07, 6.45) is -4.73. The molecule has 0 fully saturated rings. The summed E-state index contributed by atoms with van der Waals surface area (Å²) in [5, 5.41) is 5.86. The molecule has 0 heterocycles. The van der Waals surface area contributed by atoms with Crippen LogP contribution in [-0.2, 0) is 4.79 Å². The molecule has 1 amide bonds. The van der Waals surface area contributed by atoms with Gasteiger partial charge in [0.1, 0.15) is 5.75 Å². The lowest BCUT2D eigenvalue weighted by molar-refractivity contribution is -0.274. The summed E-state index contributed by atoms with van der Waals surface area (Å²) in [5.74, 6) is -0.666. The maximum atomic E-state index is 12.1. The molecule has 0 unspecified atom stereocenters. The van der Waals surface area contributed by atoms with Crippen molar-refractivity contribution in [2.45, 2.75) is 13.3 Å². The van der Waals surface area contributed by atoms with Crippen LogP contribution >= 0.6 is 11.6 Å². The highest BCUT2D eigenvalue weighted by Crippen LogP contribution is 2.24. The Morgan fingerprint density at radius 3 is 2.42 bits per heavy atom. The summed E-state index contributed by atoms with van der Waals surface area (Å²) in [6.45, 7) is 1.81. The molecule has 8 heteroatoms. The second-order valence-corrected chi connectivity index (χ2v) is 5.36. The largest absolute Gasteiger partial charge is 0.573 e. The van der Waals surface area contributed by atoms with Gasteiger partial charge in [-0.05, 0) is 48.9 Å². The molecule has 0 spiro atoms. The van der Waals surface area contributed by atoms with Crippen LogP contribution in [-0.4, -0.2) is 18.8 Å². The highest BCUT2D eigenvalue weighted by atomic mass is 35.5. The molecule has 0 atom stereocenters. The van der Waals surface area contributed by atoms with E-state index in [1.165, 1.54) is 12.1 Å². The first-order chi connectivity index (χ1) is 11.2. The van der Waals surface area contributed by atoms with E-state index in [2.05, 4.69) is 15.4 Å². The zero-order valence-electron chi connectivity index (χ0n) is 12.6. The van der Waals surface area contributed by atoms with E-state index in [4.69, 9.17) is 11.6 Å². The molecule has 128 valence electrons. The van der Waals surface area contributed by atoms with Crippen LogP contribution in [0.2, 0.25) is 5.02 Å². The van der Waals surface area contributed by atoms with E-state index in [0.717, 1.165) is 17.7 Å². The molecule has 4 nitrogen and oxygen atoms in total. The molecule has 2 rings (SSSR count). The fraction of sp³-hybridized carbons (Fsp3) is 0.188. The van der Waals surface area contributed by atoms with E-state index in [9.17, 15) is 18.0 Å². The van der Waals surface area contributed by atoms with Crippen molar-refractivity contribution in [2.24, 2.45) is 0 Å². The number of anilines is 2. The van der Waals surface area contributed by atoms with E-state index in [0.29, 0.717) is 16.4 Å². The maximum Gasteiger partial charge on any atom is 0.573 e. The van der Waals surface area contributed by atoms with Crippen molar-refractivity contribution in [1.82, 2.24) is 0 Å². The zero-order chi connectivity index (χ0) is 17.7. The smallest absolute Gasteiger partial charge is 0.406 e. The average Bonchev–Trinajstić information content (AvgIpc) is 2.48. The quantitative estimate of drug-likeness (QED) is 0.821. The number of alkyl halides is 3. The Labute approximate surface area is 141 Å². The first-order valence-corrected chi connectivity index (χ1v) is 7.26. The zero-order valence-corrected chi connectivity index (χ0v) is 13.3. The third-order valence-corrected chi connectivity index (χ3v) is 3.25. The predicted molar refractivity (Wildman–Crippen MR) is 86.4 cm³/mol. The molecule has 0 saturated heterocycles. The minimum absolute atomic E-state index is 0.0658. The lowest BCUT2D eigenvalue weighted by Crippen LogP contribution is -2.22. The maximum absolute atomic E-state index is 12.1. The van der Waals surface area contributed by atoms with Crippen LogP contribution in [0.5, 0.6) is 5.75 Å². The summed E-state index contributed by atoms with van der Waals surface area (Å²) >= 11 is 6.02. The van der Waals surface area contributed by atoms with Gasteiger partial charge in [-0.25, -0.2) is 0 Å². The highest BCUT2D eigenvalue weighted by molar-refractivity contribution is 6.33. The predicted octanol–water partition coefficient (Wildman–Crippen LogP) is 4.60. The Balaban J connectivity index is 1.87. The van der Waals surface area contributed by atoms with E-state index in [1.807, 2.05) is 13.0 Å².